The highest BCUT2D eigenvalue weighted by Crippen LogP contribution is 2.37. The number of ketones is 2. The number of carbonyl (C=O) groups excluding carboxylic acids is 2. The van der Waals surface area contributed by atoms with Crippen molar-refractivity contribution in [3.8, 4) is 0 Å². The molecule has 0 unspecified atom stereocenters. The Morgan fingerprint density at radius 3 is 2.82 bits per heavy atom. The zero-order valence-corrected chi connectivity index (χ0v) is 15.4. The minimum absolute atomic E-state index is 0.0862. The van der Waals surface area contributed by atoms with Gasteiger partial charge < -0.3 is 19.9 Å². The molecule has 28 heavy (non-hydrogen) atoms. The lowest BCUT2D eigenvalue weighted by Gasteiger charge is -2.29. The highest BCUT2D eigenvalue weighted by molar-refractivity contribution is 6.24. The number of nitrogens with one attached hydrogen (secondary N) is 1. The van der Waals surface area contributed by atoms with E-state index in [0.717, 1.165) is 16.8 Å². The summed E-state index contributed by atoms with van der Waals surface area (Å²) >= 11 is 0. The van der Waals surface area contributed by atoms with E-state index in [0.29, 0.717) is 5.82 Å². The van der Waals surface area contributed by atoms with E-state index in [1.807, 2.05) is 32.0 Å². The Labute approximate surface area is 160 Å². The molecule has 0 radical (unpaired) electrons. The van der Waals surface area contributed by atoms with Gasteiger partial charge in [-0.1, -0.05) is 6.07 Å². The molecule has 144 valence electrons. The summed E-state index contributed by atoms with van der Waals surface area (Å²) < 4.78 is 12.8. The van der Waals surface area contributed by atoms with Crippen molar-refractivity contribution >= 4 is 17.3 Å². The summed E-state index contributed by atoms with van der Waals surface area (Å²) in [6, 6.07) is 5.74. The van der Waals surface area contributed by atoms with Gasteiger partial charge in [0.05, 0.1) is 12.3 Å². The lowest BCUT2D eigenvalue weighted by molar-refractivity contribution is -0.0992. The zero-order valence-electron chi connectivity index (χ0n) is 15.4. The van der Waals surface area contributed by atoms with Crippen molar-refractivity contribution in [2.45, 2.75) is 38.9 Å². The molecule has 0 saturated carbocycles. The summed E-state index contributed by atoms with van der Waals surface area (Å²) in [6.07, 6.45) is -0.713. The van der Waals surface area contributed by atoms with Crippen molar-refractivity contribution < 1.29 is 24.2 Å². The number of nitrogens with zero attached hydrogens (tertiary/aromatic N) is 2. The van der Waals surface area contributed by atoms with Gasteiger partial charge >= 0.3 is 0 Å². The number of aliphatic hydroxyl groups excluding tert-OH is 1. The first-order chi connectivity index (χ1) is 13.4. The van der Waals surface area contributed by atoms with Gasteiger partial charge in [0.1, 0.15) is 36.0 Å². The van der Waals surface area contributed by atoms with E-state index in [4.69, 9.17) is 9.47 Å². The van der Waals surface area contributed by atoms with Crippen molar-refractivity contribution in [3.05, 3.63) is 58.3 Å². The van der Waals surface area contributed by atoms with Crippen LogP contribution in [0, 0.1) is 13.8 Å². The number of hydrogen-bond donors (Lipinski definition) is 2. The van der Waals surface area contributed by atoms with E-state index in [-0.39, 0.29) is 41.9 Å². The topological polar surface area (TPSA) is 103 Å². The maximum absolute atomic E-state index is 13.0. The minimum Gasteiger partial charge on any atom is -0.388 e. The van der Waals surface area contributed by atoms with Crippen LogP contribution in [0.25, 0.3) is 0 Å². The first-order valence-electron chi connectivity index (χ1n) is 9.11. The third-order valence-electron chi connectivity index (χ3n) is 5.50. The number of aromatic nitrogens is 2. The monoisotopic (exact) mass is 381 g/mol. The number of aryl methyl sites for hydroxylation is 2. The van der Waals surface area contributed by atoms with Crippen molar-refractivity contribution in [2.75, 3.05) is 11.9 Å². The van der Waals surface area contributed by atoms with Crippen LogP contribution >= 0.6 is 0 Å². The summed E-state index contributed by atoms with van der Waals surface area (Å²) in [4.78, 5) is 30.2. The van der Waals surface area contributed by atoms with Gasteiger partial charge in [0.25, 0.3) is 0 Å². The number of carbonyl (C=O) groups is 2. The van der Waals surface area contributed by atoms with E-state index >= 15 is 0 Å². The van der Waals surface area contributed by atoms with Crippen molar-refractivity contribution in [2.24, 2.45) is 0 Å². The lowest BCUT2D eigenvalue weighted by atomic mass is 10.0. The molecule has 2 aliphatic heterocycles. The molecule has 1 aromatic heterocycles. The average Bonchev–Trinajstić information content (AvgIpc) is 3.24. The molecule has 0 amide bonds. The Kier molecular flexibility index (Phi) is 3.77. The van der Waals surface area contributed by atoms with Crippen LogP contribution in [0.5, 0.6) is 0 Å². The van der Waals surface area contributed by atoms with E-state index in [2.05, 4.69) is 10.3 Å². The summed E-state index contributed by atoms with van der Waals surface area (Å²) in [6.45, 7) is 4.21. The summed E-state index contributed by atoms with van der Waals surface area (Å²) in [5.41, 5.74) is 3.41. The molecule has 8 heteroatoms. The standard InChI is InChI=1S/C20H19N3O5/c1-9-3-4-11(5-10(9)2)21-12-6-13(24)17-16(18(12)26)22-15-8-27-19-14(25)7-28-20(19)23(15)17/h3-6,14,19-21,25H,7-8H2,1-2H3/t14-,19-,20+/m1/s1. The number of rotatable bonds is 2. The van der Waals surface area contributed by atoms with Gasteiger partial charge in [0.2, 0.25) is 11.6 Å². The molecule has 2 N–H and O–H groups in total. The smallest absolute Gasteiger partial charge is 0.230 e. The van der Waals surface area contributed by atoms with Crippen molar-refractivity contribution in [1.82, 2.24) is 9.55 Å². The molecule has 0 bridgehead atoms. The zero-order chi connectivity index (χ0) is 19.6. The Bertz CT molecular complexity index is 1050. The highest BCUT2D eigenvalue weighted by Gasteiger charge is 2.46. The van der Waals surface area contributed by atoms with Crippen LogP contribution in [0.15, 0.2) is 30.0 Å². The number of fused-ring (bicyclic) bond motifs is 5. The SMILES string of the molecule is Cc1ccc(NC2=CC(=O)c3c(nc4n3[C@H]3OC[C@@H](O)[C@H]3OC4)C2=O)cc1C. The molecular formula is C20H19N3O5. The number of imidazole rings is 1. The number of allylic oxidation sites excluding steroid dienone is 2. The Balaban J connectivity index is 1.51. The van der Waals surface area contributed by atoms with E-state index in [1.165, 1.54) is 6.08 Å². The first-order valence-corrected chi connectivity index (χ1v) is 9.11. The van der Waals surface area contributed by atoms with E-state index in [1.54, 1.807) is 4.57 Å². The highest BCUT2D eigenvalue weighted by atomic mass is 16.6. The third-order valence-corrected chi connectivity index (χ3v) is 5.50. The summed E-state index contributed by atoms with van der Waals surface area (Å²) in [5, 5.41) is 13.0. The quantitative estimate of drug-likeness (QED) is 0.816. The van der Waals surface area contributed by atoms with Gasteiger partial charge in [-0.3, -0.25) is 14.2 Å². The Morgan fingerprint density at radius 2 is 2.04 bits per heavy atom. The maximum Gasteiger partial charge on any atom is 0.230 e. The van der Waals surface area contributed by atoms with Gasteiger partial charge in [-0.2, -0.15) is 0 Å². The molecule has 1 aromatic carbocycles. The predicted molar refractivity (Wildman–Crippen MR) is 98.1 cm³/mol. The lowest BCUT2D eigenvalue weighted by Crippen LogP contribution is -2.37. The minimum atomic E-state index is -0.775. The second kappa shape index (κ2) is 6.10. The molecular weight excluding hydrogens is 362 g/mol. The van der Waals surface area contributed by atoms with Gasteiger partial charge in [-0.25, -0.2) is 4.98 Å². The van der Waals surface area contributed by atoms with Crippen molar-refractivity contribution in [3.63, 3.8) is 0 Å². The Hall–Kier alpha value is -2.81. The van der Waals surface area contributed by atoms with Crippen LogP contribution in [0.4, 0.5) is 5.69 Å². The molecule has 1 aliphatic carbocycles. The van der Waals surface area contributed by atoms with Gasteiger partial charge in [-0.15, -0.1) is 0 Å². The maximum atomic E-state index is 13.0. The van der Waals surface area contributed by atoms with Gasteiger partial charge in [0, 0.05) is 11.8 Å². The number of aliphatic hydroxyl groups is 1. The second-order valence-corrected chi connectivity index (χ2v) is 7.34. The van der Waals surface area contributed by atoms with Crippen LogP contribution in [-0.2, 0) is 16.1 Å². The molecule has 0 spiro atoms. The summed E-state index contributed by atoms with van der Waals surface area (Å²) in [7, 11) is 0. The van der Waals surface area contributed by atoms with E-state index < -0.39 is 18.4 Å². The largest absolute Gasteiger partial charge is 0.388 e. The molecule has 3 heterocycles. The predicted octanol–water partition coefficient (Wildman–Crippen LogP) is 1.66. The second-order valence-electron chi connectivity index (χ2n) is 7.34. The number of hydrogen-bond acceptors (Lipinski definition) is 7. The first kappa shape index (κ1) is 17.3. The van der Waals surface area contributed by atoms with Crippen LogP contribution in [-0.4, -0.2) is 45.0 Å². The number of Topliss-reactive ketones (excluding diaryl/α,β-unsaturated/α-hetero) is 1. The van der Waals surface area contributed by atoms with Crippen LogP contribution in [0.2, 0.25) is 0 Å². The van der Waals surface area contributed by atoms with Gasteiger partial charge in [0.15, 0.2) is 6.23 Å². The molecule has 1 saturated heterocycles. The van der Waals surface area contributed by atoms with Crippen LogP contribution in [0.3, 0.4) is 0 Å². The summed E-state index contributed by atoms with van der Waals surface area (Å²) in [5.74, 6) is -0.238. The number of anilines is 1. The molecule has 2 aromatic rings. The Morgan fingerprint density at radius 1 is 1.21 bits per heavy atom. The van der Waals surface area contributed by atoms with E-state index in [9.17, 15) is 14.7 Å². The fourth-order valence-electron chi connectivity index (χ4n) is 3.87. The number of benzene rings is 1. The molecule has 8 nitrogen and oxygen atoms in total. The molecule has 3 atom stereocenters. The van der Waals surface area contributed by atoms with Crippen LogP contribution < -0.4 is 5.32 Å². The molecule has 5 rings (SSSR count). The average molecular weight is 381 g/mol. The van der Waals surface area contributed by atoms with Crippen LogP contribution in [0.1, 0.15) is 44.2 Å². The third kappa shape index (κ3) is 2.46. The fourth-order valence-corrected chi connectivity index (χ4v) is 3.87. The fraction of sp³-hybridized carbons (Fsp3) is 0.350. The molecule has 3 aliphatic rings. The number of ether oxygens (including phenoxy) is 2. The van der Waals surface area contributed by atoms with Crippen molar-refractivity contribution in [1.29, 1.82) is 0 Å². The normalized spacial score (nSPS) is 25.8. The van der Waals surface area contributed by atoms with Gasteiger partial charge in [-0.05, 0) is 37.1 Å². The molecule has 1 fully saturated rings.